The lowest BCUT2D eigenvalue weighted by Crippen LogP contribution is -2.42. The van der Waals surface area contributed by atoms with Crippen LogP contribution in [0.5, 0.6) is 0 Å². The highest BCUT2D eigenvalue weighted by atomic mass is 15.3. The van der Waals surface area contributed by atoms with E-state index in [1.54, 1.807) is 0 Å². The maximum Gasteiger partial charge on any atom is 0.0796 e. The molecule has 0 saturated carbocycles. The molecule has 2 nitrogen and oxygen atoms in total. The fourth-order valence-electron chi connectivity index (χ4n) is 3.42. The molecule has 1 heterocycles. The first-order valence-electron chi connectivity index (χ1n) is 8.09. The monoisotopic (exact) mass is 294 g/mol. The van der Waals surface area contributed by atoms with Crippen LogP contribution in [0.2, 0.25) is 0 Å². The number of benzene rings is 2. The van der Waals surface area contributed by atoms with Crippen LogP contribution in [-0.4, -0.2) is 18.1 Å². The molecule has 0 N–H and O–H groups in total. The van der Waals surface area contributed by atoms with Gasteiger partial charge in [0.15, 0.2) is 0 Å². The molecular weight excluding hydrogens is 268 g/mol. The van der Waals surface area contributed by atoms with Crippen molar-refractivity contribution in [3.05, 3.63) is 64.2 Å². The zero-order chi connectivity index (χ0) is 15.9. The zero-order valence-electron chi connectivity index (χ0n) is 14.4. The van der Waals surface area contributed by atoms with Gasteiger partial charge < -0.3 is 4.90 Å². The minimum atomic E-state index is 0.382. The van der Waals surface area contributed by atoms with Gasteiger partial charge in [-0.1, -0.05) is 30.3 Å². The second-order valence-electron chi connectivity index (χ2n) is 6.67. The minimum absolute atomic E-state index is 0.382. The zero-order valence-corrected chi connectivity index (χ0v) is 14.4. The Bertz CT molecular complexity index is 690. The summed E-state index contributed by atoms with van der Waals surface area (Å²) in [6.45, 7) is 10.9. The average molecular weight is 294 g/mol. The van der Waals surface area contributed by atoms with E-state index in [2.05, 4.69) is 80.9 Å². The van der Waals surface area contributed by atoms with Crippen molar-refractivity contribution in [2.24, 2.45) is 0 Å². The summed E-state index contributed by atoms with van der Waals surface area (Å²) in [5.41, 5.74) is 8.37. The molecule has 1 aliphatic heterocycles. The minimum Gasteiger partial charge on any atom is -0.351 e. The topological polar surface area (TPSA) is 6.48 Å². The van der Waals surface area contributed by atoms with Gasteiger partial charge in [-0.25, -0.2) is 0 Å². The second-order valence-corrected chi connectivity index (χ2v) is 6.67. The Morgan fingerprint density at radius 1 is 0.955 bits per heavy atom. The Kier molecular flexibility index (Phi) is 3.96. The molecule has 3 rings (SSSR count). The van der Waals surface area contributed by atoms with E-state index >= 15 is 0 Å². The molecule has 2 aromatic rings. The van der Waals surface area contributed by atoms with Crippen LogP contribution in [0, 0.1) is 20.8 Å². The average Bonchev–Trinajstić information content (AvgIpc) is 2.61. The predicted octanol–water partition coefficient (Wildman–Crippen LogP) is 4.41. The molecule has 0 aromatic heterocycles. The van der Waals surface area contributed by atoms with Crippen LogP contribution in [0.25, 0.3) is 0 Å². The maximum atomic E-state index is 2.54. The number of anilines is 1. The third-order valence-electron chi connectivity index (χ3n) is 5.06. The normalized spacial score (nSPS) is 19.0. The Labute approximate surface area is 134 Å². The standard InChI is InChI=1S/C20H26N2/c1-14-10-15(2)16(3)20(11-14)22-13-19-9-7-6-8-18(19)12-21(5)17(22)4/h6-11,17H,12-13H2,1-5H3. The lowest BCUT2D eigenvalue weighted by atomic mass is 10.0. The van der Waals surface area contributed by atoms with Gasteiger partial charge in [0.1, 0.15) is 0 Å². The quantitative estimate of drug-likeness (QED) is 0.768. The molecule has 0 saturated heterocycles. The molecule has 0 radical (unpaired) electrons. The number of hydrogen-bond acceptors (Lipinski definition) is 2. The molecular formula is C20H26N2. The Morgan fingerprint density at radius 2 is 1.59 bits per heavy atom. The van der Waals surface area contributed by atoms with Crippen molar-refractivity contribution in [1.82, 2.24) is 4.90 Å². The van der Waals surface area contributed by atoms with Crippen LogP contribution in [-0.2, 0) is 13.1 Å². The predicted molar refractivity (Wildman–Crippen MR) is 94.2 cm³/mol. The van der Waals surface area contributed by atoms with Crippen LogP contribution < -0.4 is 4.90 Å². The highest BCUT2D eigenvalue weighted by Crippen LogP contribution is 2.31. The van der Waals surface area contributed by atoms with Gasteiger partial charge in [-0.05, 0) is 68.6 Å². The van der Waals surface area contributed by atoms with Crippen LogP contribution in [0.15, 0.2) is 36.4 Å². The molecule has 0 bridgehead atoms. The number of rotatable bonds is 1. The first kappa shape index (κ1) is 15.1. The summed E-state index contributed by atoms with van der Waals surface area (Å²) >= 11 is 0. The van der Waals surface area contributed by atoms with E-state index in [-0.39, 0.29) is 0 Å². The van der Waals surface area contributed by atoms with Crippen LogP contribution in [0.4, 0.5) is 5.69 Å². The van der Waals surface area contributed by atoms with Crippen molar-refractivity contribution in [2.75, 3.05) is 11.9 Å². The largest absolute Gasteiger partial charge is 0.351 e. The van der Waals surface area contributed by atoms with E-state index in [1.165, 1.54) is 33.5 Å². The van der Waals surface area contributed by atoms with E-state index in [9.17, 15) is 0 Å². The first-order valence-corrected chi connectivity index (χ1v) is 8.09. The Balaban J connectivity index is 2.10. The second kappa shape index (κ2) is 5.77. The summed E-state index contributed by atoms with van der Waals surface area (Å²) in [7, 11) is 2.22. The number of fused-ring (bicyclic) bond motifs is 1. The molecule has 2 heteroatoms. The van der Waals surface area contributed by atoms with Crippen molar-refractivity contribution in [1.29, 1.82) is 0 Å². The van der Waals surface area contributed by atoms with Gasteiger partial charge in [0.2, 0.25) is 0 Å². The van der Waals surface area contributed by atoms with Gasteiger partial charge in [-0.3, -0.25) is 4.90 Å². The highest BCUT2D eigenvalue weighted by Gasteiger charge is 2.25. The summed E-state index contributed by atoms with van der Waals surface area (Å²) in [5.74, 6) is 0. The molecule has 0 aliphatic carbocycles. The van der Waals surface area contributed by atoms with Crippen molar-refractivity contribution in [3.63, 3.8) is 0 Å². The van der Waals surface area contributed by atoms with Crippen molar-refractivity contribution >= 4 is 5.69 Å². The SMILES string of the molecule is Cc1cc(C)c(C)c(N2Cc3ccccc3CN(C)C2C)c1. The summed E-state index contributed by atoms with van der Waals surface area (Å²) in [4.78, 5) is 4.98. The van der Waals surface area contributed by atoms with Crippen molar-refractivity contribution < 1.29 is 0 Å². The molecule has 1 aliphatic rings. The lowest BCUT2D eigenvalue weighted by Gasteiger charge is -2.36. The van der Waals surface area contributed by atoms with Gasteiger partial charge in [-0.15, -0.1) is 0 Å². The summed E-state index contributed by atoms with van der Waals surface area (Å²) in [6, 6.07) is 13.4. The molecule has 1 atom stereocenters. The van der Waals surface area contributed by atoms with Crippen LogP contribution in [0.1, 0.15) is 34.7 Å². The van der Waals surface area contributed by atoms with E-state index in [0.29, 0.717) is 6.17 Å². The van der Waals surface area contributed by atoms with Gasteiger partial charge in [0.25, 0.3) is 0 Å². The molecule has 0 fully saturated rings. The van der Waals surface area contributed by atoms with Gasteiger partial charge in [0.05, 0.1) is 6.17 Å². The number of aryl methyl sites for hydroxylation is 2. The summed E-state index contributed by atoms with van der Waals surface area (Å²) in [5, 5.41) is 0. The molecule has 0 spiro atoms. The van der Waals surface area contributed by atoms with E-state index in [0.717, 1.165) is 13.1 Å². The van der Waals surface area contributed by atoms with Crippen LogP contribution >= 0.6 is 0 Å². The van der Waals surface area contributed by atoms with Crippen molar-refractivity contribution in [2.45, 2.75) is 47.0 Å². The molecule has 22 heavy (non-hydrogen) atoms. The summed E-state index contributed by atoms with van der Waals surface area (Å²) < 4.78 is 0. The molecule has 2 aromatic carbocycles. The van der Waals surface area contributed by atoms with E-state index in [4.69, 9.17) is 0 Å². The van der Waals surface area contributed by atoms with Gasteiger partial charge in [0, 0.05) is 18.8 Å². The van der Waals surface area contributed by atoms with Crippen molar-refractivity contribution in [3.8, 4) is 0 Å². The number of nitrogens with zero attached hydrogens (tertiary/aromatic N) is 2. The lowest BCUT2D eigenvalue weighted by molar-refractivity contribution is 0.248. The van der Waals surface area contributed by atoms with E-state index < -0.39 is 0 Å². The van der Waals surface area contributed by atoms with Gasteiger partial charge >= 0.3 is 0 Å². The number of hydrogen-bond donors (Lipinski definition) is 0. The smallest absolute Gasteiger partial charge is 0.0796 e. The maximum absolute atomic E-state index is 2.54. The third-order valence-corrected chi connectivity index (χ3v) is 5.06. The molecule has 1 unspecified atom stereocenters. The fourth-order valence-corrected chi connectivity index (χ4v) is 3.42. The Morgan fingerprint density at radius 3 is 2.27 bits per heavy atom. The molecule has 0 amide bonds. The Hall–Kier alpha value is -1.80. The highest BCUT2D eigenvalue weighted by molar-refractivity contribution is 5.59. The first-order chi connectivity index (χ1) is 10.5. The van der Waals surface area contributed by atoms with Crippen LogP contribution in [0.3, 0.4) is 0 Å². The fraction of sp³-hybridized carbons (Fsp3) is 0.400. The van der Waals surface area contributed by atoms with Gasteiger partial charge in [-0.2, -0.15) is 0 Å². The molecule has 116 valence electrons. The third kappa shape index (κ3) is 2.64. The van der Waals surface area contributed by atoms with E-state index in [1.807, 2.05) is 0 Å². The summed E-state index contributed by atoms with van der Waals surface area (Å²) in [6.07, 6.45) is 0.382.